The zero-order chi connectivity index (χ0) is 19.9. The van der Waals surface area contributed by atoms with Gasteiger partial charge in [0, 0.05) is 20.2 Å². The number of carbonyl (C=O) groups is 2. The number of ether oxygens (including phenoxy) is 1. The number of hydrogen-bond acceptors (Lipinski definition) is 3. The van der Waals surface area contributed by atoms with Gasteiger partial charge in [-0.3, -0.25) is 9.59 Å². The lowest BCUT2D eigenvalue weighted by atomic mass is 9.79. The van der Waals surface area contributed by atoms with E-state index in [0.29, 0.717) is 37.8 Å². The van der Waals surface area contributed by atoms with Crippen molar-refractivity contribution in [2.24, 2.45) is 5.41 Å². The lowest BCUT2D eigenvalue weighted by Gasteiger charge is -2.41. The second-order valence-corrected chi connectivity index (χ2v) is 7.51. The normalized spacial score (nSPS) is 24.5. The van der Waals surface area contributed by atoms with E-state index < -0.39 is 28.5 Å². The Morgan fingerprint density at radius 1 is 1.26 bits per heavy atom. The summed E-state index contributed by atoms with van der Waals surface area (Å²) in [7, 11) is 1.41. The quantitative estimate of drug-likeness (QED) is 0.846. The maximum atomic E-state index is 13.2. The van der Waals surface area contributed by atoms with E-state index in [9.17, 15) is 27.9 Å². The molecule has 0 radical (unpaired) electrons. The summed E-state index contributed by atoms with van der Waals surface area (Å²) in [6.45, 7) is 0.399. The maximum absolute atomic E-state index is 13.2. The molecule has 1 unspecified atom stereocenters. The fraction of sp³-hybridized carbons (Fsp3) is 0.579. The number of rotatable bonds is 5. The fourth-order valence-corrected chi connectivity index (χ4v) is 3.98. The molecule has 1 amide bonds. The van der Waals surface area contributed by atoms with Gasteiger partial charge >= 0.3 is 12.1 Å². The maximum Gasteiger partial charge on any atom is 0.416 e. The molecule has 1 aliphatic heterocycles. The smallest absolute Gasteiger partial charge is 0.416 e. The van der Waals surface area contributed by atoms with E-state index in [2.05, 4.69) is 0 Å². The third-order valence-corrected chi connectivity index (χ3v) is 5.64. The van der Waals surface area contributed by atoms with Crippen LogP contribution in [0.1, 0.15) is 36.8 Å². The number of carboxylic acids is 1. The largest absolute Gasteiger partial charge is 0.481 e. The van der Waals surface area contributed by atoms with Crippen LogP contribution in [0.15, 0.2) is 24.3 Å². The van der Waals surface area contributed by atoms with Gasteiger partial charge in [0.25, 0.3) is 0 Å². The topological polar surface area (TPSA) is 66.8 Å². The number of carboxylic acid groups (broad SMARTS) is 1. The summed E-state index contributed by atoms with van der Waals surface area (Å²) < 4.78 is 44.2. The molecular weight excluding hydrogens is 363 g/mol. The van der Waals surface area contributed by atoms with Gasteiger partial charge in [0.2, 0.25) is 5.91 Å². The molecule has 1 N–H and O–H groups in total. The van der Waals surface area contributed by atoms with Crippen molar-refractivity contribution in [1.82, 2.24) is 4.90 Å². The van der Waals surface area contributed by atoms with Gasteiger partial charge < -0.3 is 14.7 Å². The molecular formula is C19H22F3NO4. The summed E-state index contributed by atoms with van der Waals surface area (Å²) >= 11 is 0. The van der Waals surface area contributed by atoms with Crippen molar-refractivity contribution in [2.45, 2.75) is 37.3 Å². The van der Waals surface area contributed by atoms with E-state index in [-0.39, 0.29) is 19.1 Å². The first kappa shape index (κ1) is 19.7. The molecule has 0 bridgehead atoms. The van der Waals surface area contributed by atoms with Gasteiger partial charge in [-0.25, -0.2) is 0 Å². The molecule has 27 heavy (non-hydrogen) atoms. The number of amides is 1. The fourth-order valence-electron chi connectivity index (χ4n) is 3.98. The summed E-state index contributed by atoms with van der Waals surface area (Å²) in [4.78, 5) is 26.4. The van der Waals surface area contributed by atoms with Crippen molar-refractivity contribution in [1.29, 1.82) is 0 Å². The Hall–Kier alpha value is -2.09. The minimum Gasteiger partial charge on any atom is -0.481 e. The third-order valence-electron chi connectivity index (χ3n) is 5.64. The highest BCUT2D eigenvalue weighted by atomic mass is 19.4. The van der Waals surface area contributed by atoms with Crippen LogP contribution in [-0.2, 0) is 25.9 Å². The molecule has 148 valence electrons. The zero-order valence-corrected chi connectivity index (χ0v) is 15.0. The molecule has 5 nitrogen and oxygen atoms in total. The van der Waals surface area contributed by atoms with Crippen molar-refractivity contribution in [3.05, 3.63) is 35.4 Å². The highest BCUT2D eigenvalue weighted by molar-refractivity contribution is 5.92. The number of hydrogen-bond donors (Lipinski definition) is 1. The molecule has 1 aromatic carbocycles. The predicted molar refractivity (Wildman–Crippen MR) is 90.1 cm³/mol. The average molecular weight is 385 g/mol. The first-order valence-corrected chi connectivity index (χ1v) is 8.84. The second kappa shape index (κ2) is 6.82. The SMILES string of the molecule is COCC1(C(=O)O)CCCN(C(=O)C2(c3cccc(C(F)(F)F)c3)CC2)C1. The molecule has 0 aromatic heterocycles. The number of carbonyl (C=O) groups excluding carboxylic acids is 1. The summed E-state index contributed by atoms with van der Waals surface area (Å²) in [6, 6.07) is 4.88. The number of likely N-dealkylation sites (tertiary alicyclic amines) is 1. The van der Waals surface area contributed by atoms with Crippen LogP contribution >= 0.6 is 0 Å². The molecule has 8 heteroatoms. The molecule has 3 rings (SSSR count). The Kier molecular flexibility index (Phi) is 4.96. The summed E-state index contributed by atoms with van der Waals surface area (Å²) in [6.07, 6.45) is -2.63. The van der Waals surface area contributed by atoms with E-state index in [4.69, 9.17) is 4.74 Å². The molecule has 1 heterocycles. The van der Waals surface area contributed by atoms with Crippen LogP contribution in [0.4, 0.5) is 13.2 Å². The number of alkyl halides is 3. The summed E-state index contributed by atoms with van der Waals surface area (Å²) in [5.41, 5.74) is -2.58. The first-order chi connectivity index (χ1) is 12.6. The zero-order valence-electron chi connectivity index (χ0n) is 15.0. The highest BCUT2D eigenvalue weighted by Gasteiger charge is 2.55. The van der Waals surface area contributed by atoms with Gasteiger partial charge in [-0.15, -0.1) is 0 Å². The van der Waals surface area contributed by atoms with Gasteiger partial charge in [0.1, 0.15) is 5.41 Å². The Morgan fingerprint density at radius 3 is 2.52 bits per heavy atom. The van der Waals surface area contributed by atoms with E-state index in [1.165, 1.54) is 18.1 Å². The van der Waals surface area contributed by atoms with Crippen LogP contribution in [-0.4, -0.2) is 48.7 Å². The summed E-state index contributed by atoms with van der Waals surface area (Å²) in [5, 5.41) is 9.64. The van der Waals surface area contributed by atoms with Crippen molar-refractivity contribution < 1.29 is 32.6 Å². The van der Waals surface area contributed by atoms with Gasteiger partial charge in [-0.1, -0.05) is 18.2 Å². The summed E-state index contributed by atoms with van der Waals surface area (Å²) in [5.74, 6) is -1.31. The number of piperidine rings is 1. The molecule has 0 spiro atoms. The van der Waals surface area contributed by atoms with E-state index in [1.807, 2.05) is 0 Å². The predicted octanol–water partition coefficient (Wildman–Crippen LogP) is 3.08. The Balaban J connectivity index is 1.86. The minimum atomic E-state index is -4.48. The van der Waals surface area contributed by atoms with Crippen LogP contribution in [0, 0.1) is 5.41 Å². The van der Waals surface area contributed by atoms with Crippen molar-refractivity contribution in [2.75, 3.05) is 26.8 Å². The molecule has 1 atom stereocenters. The Morgan fingerprint density at radius 2 is 1.96 bits per heavy atom. The van der Waals surface area contributed by atoms with Crippen molar-refractivity contribution >= 4 is 11.9 Å². The van der Waals surface area contributed by atoms with E-state index >= 15 is 0 Å². The van der Waals surface area contributed by atoms with Crippen LogP contribution in [0.5, 0.6) is 0 Å². The Labute approximate surface area is 155 Å². The molecule has 1 aliphatic carbocycles. The highest BCUT2D eigenvalue weighted by Crippen LogP contribution is 2.51. The van der Waals surface area contributed by atoms with Crippen LogP contribution < -0.4 is 0 Å². The van der Waals surface area contributed by atoms with Gasteiger partial charge in [0.15, 0.2) is 0 Å². The standard InChI is InChI=1S/C19H22F3NO4/c1-27-12-17(16(25)26)6-3-9-23(11-17)15(24)18(7-8-18)13-4-2-5-14(10-13)19(20,21)22/h2,4-5,10H,3,6-9,11-12H2,1H3,(H,25,26). The van der Waals surface area contributed by atoms with E-state index in [1.54, 1.807) is 6.07 Å². The third kappa shape index (κ3) is 3.54. The number of aliphatic carboxylic acids is 1. The van der Waals surface area contributed by atoms with Gasteiger partial charge in [-0.2, -0.15) is 13.2 Å². The number of nitrogens with zero attached hydrogens (tertiary/aromatic N) is 1. The van der Waals surface area contributed by atoms with Crippen LogP contribution in [0.2, 0.25) is 0 Å². The lowest BCUT2D eigenvalue weighted by Crippen LogP contribution is -2.54. The number of benzene rings is 1. The van der Waals surface area contributed by atoms with Crippen LogP contribution in [0.25, 0.3) is 0 Å². The average Bonchev–Trinajstić information content (AvgIpc) is 3.43. The lowest BCUT2D eigenvalue weighted by molar-refractivity contribution is -0.159. The molecule has 1 saturated heterocycles. The number of methoxy groups -OCH3 is 1. The van der Waals surface area contributed by atoms with Crippen molar-refractivity contribution in [3.63, 3.8) is 0 Å². The van der Waals surface area contributed by atoms with E-state index in [0.717, 1.165) is 12.1 Å². The molecule has 2 fully saturated rings. The van der Waals surface area contributed by atoms with Gasteiger partial charge in [-0.05, 0) is 37.3 Å². The van der Waals surface area contributed by atoms with Crippen molar-refractivity contribution in [3.8, 4) is 0 Å². The minimum absolute atomic E-state index is 0.00964. The van der Waals surface area contributed by atoms with Crippen LogP contribution in [0.3, 0.4) is 0 Å². The monoisotopic (exact) mass is 385 g/mol. The Bertz CT molecular complexity index is 741. The molecule has 1 saturated carbocycles. The first-order valence-electron chi connectivity index (χ1n) is 8.84. The van der Waals surface area contributed by atoms with Gasteiger partial charge in [0.05, 0.1) is 17.6 Å². The second-order valence-electron chi connectivity index (χ2n) is 7.51. The molecule has 1 aromatic rings. The molecule has 2 aliphatic rings. The number of halogens is 3.